The molecule has 6 rings (SSSR count). The molecule has 12 heteroatoms. The number of hydrogen-bond donors (Lipinski definition) is 1. The van der Waals surface area contributed by atoms with Crippen LogP contribution in [-0.4, -0.2) is 94.2 Å². The van der Waals surface area contributed by atoms with Crippen LogP contribution in [0.25, 0.3) is 0 Å². The highest BCUT2D eigenvalue weighted by Gasteiger charge is 2.43. The van der Waals surface area contributed by atoms with Crippen LogP contribution in [-0.2, 0) is 29.0 Å². The summed E-state index contributed by atoms with van der Waals surface area (Å²) in [4.78, 5) is 44.3. The third kappa shape index (κ3) is 7.16. The van der Waals surface area contributed by atoms with Crippen molar-refractivity contribution in [3.8, 4) is 11.5 Å². The Balaban J connectivity index is 1.18. The summed E-state index contributed by atoms with van der Waals surface area (Å²) < 4.78 is 12.9. The van der Waals surface area contributed by atoms with E-state index in [1.807, 2.05) is 35.2 Å². The number of likely N-dealkylation sites (tertiary alicyclic amines) is 1. The van der Waals surface area contributed by atoms with Crippen LogP contribution in [0.15, 0.2) is 42.7 Å². The van der Waals surface area contributed by atoms with Crippen LogP contribution < -0.4 is 14.8 Å². The topological polar surface area (TPSA) is 132 Å². The number of methoxy groups -OCH3 is 2. The van der Waals surface area contributed by atoms with Gasteiger partial charge in [0.05, 0.1) is 20.8 Å². The Morgan fingerprint density at radius 3 is 2.59 bits per heavy atom. The maximum absolute atomic E-state index is 13.9. The number of carbonyl (C=O) groups excluding carboxylic acids is 3. The van der Waals surface area contributed by atoms with E-state index in [2.05, 4.69) is 31.8 Å². The summed E-state index contributed by atoms with van der Waals surface area (Å²) in [6.45, 7) is 2.97. The Labute approximate surface area is 269 Å². The maximum Gasteiger partial charge on any atom is 0.253 e. The van der Waals surface area contributed by atoms with Crippen LogP contribution >= 0.6 is 0 Å². The fourth-order valence-electron chi connectivity index (χ4n) is 7.44. The molecule has 2 saturated heterocycles. The molecule has 3 aliphatic rings. The maximum atomic E-state index is 13.9. The monoisotopic (exact) mass is 629 g/mol. The lowest BCUT2D eigenvalue weighted by atomic mass is 9.77. The van der Waals surface area contributed by atoms with Crippen molar-refractivity contribution < 1.29 is 23.9 Å². The van der Waals surface area contributed by atoms with E-state index in [4.69, 9.17) is 9.47 Å². The summed E-state index contributed by atoms with van der Waals surface area (Å²) in [5, 5.41) is 14.3. The van der Waals surface area contributed by atoms with Crippen molar-refractivity contribution in [3.63, 3.8) is 0 Å². The largest absolute Gasteiger partial charge is 0.493 e. The molecule has 1 aromatic heterocycles. The van der Waals surface area contributed by atoms with Crippen LogP contribution in [0.4, 0.5) is 0 Å². The number of piperidine rings is 2. The molecule has 2 aromatic carbocycles. The third-order valence-corrected chi connectivity index (χ3v) is 9.61. The average molecular weight is 630 g/mol. The predicted octanol–water partition coefficient (Wildman–Crippen LogP) is 2.89. The first-order chi connectivity index (χ1) is 22.4. The van der Waals surface area contributed by atoms with E-state index in [1.54, 1.807) is 25.2 Å². The van der Waals surface area contributed by atoms with Crippen molar-refractivity contribution in [3.05, 3.63) is 65.0 Å². The molecule has 0 unspecified atom stereocenters. The fraction of sp³-hybridized carbons (Fsp3) is 0.529. The number of hydrogen-bond acceptors (Lipinski definition) is 8. The van der Waals surface area contributed by atoms with Gasteiger partial charge in [0, 0.05) is 50.6 Å². The molecule has 3 aliphatic heterocycles. The molecule has 4 heterocycles. The summed E-state index contributed by atoms with van der Waals surface area (Å²) >= 11 is 0. The third-order valence-electron chi connectivity index (χ3n) is 9.61. The Bertz CT molecular complexity index is 1530. The van der Waals surface area contributed by atoms with Gasteiger partial charge in [-0.15, -0.1) is 5.10 Å². The quantitative estimate of drug-likeness (QED) is 0.456. The zero-order valence-corrected chi connectivity index (χ0v) is 26.7. The van der Waals surface area contributed by atoms with Gasteiger partial charge >= 0.3 is 0 Å². The van der Waals surface area contributed by atoms with Crippen LogP contribution in [0.5, 0.6) is 11.5 Å². The number of amides is 3. The lowest BCUT2D eigenvalue weighted by Gasteiger charge is -2.51. The minimum atomic E-state index is -0.0142. The van der Waals surface area contributed by atoms with E-state index in [1.165, 1.54) is 0 Å². The number of benzene rings is 2. The molecule has 0 saturated carbocycles. The normalized spacial score (nSPS) is 22.5. The Hall–Kier alpha value is -4.48. The van der Waals surface area contributed by atoms with Crippen LogP contribution in [0.1, 0.15) is 65.6 Å². The van der Waals surface area contributed by atoms with Gasteiger partial charge in [0.15, 0.2) is 11.5 Å². The fourth-order valence-corrected chi connectivity index (χ4v) is 7.44. The number of nitrogens with one attached hydrogen (secondary N) is 1. The van der Waals surface area contributed by atoms with Crippen molar-refractivity contribution >= 4 is 17.7 Å². The smallest absolute Gasteiger partial charge is 0.253 e. The van der Waals surface area contributed by atoms with E-state index in [0.29, 0.717) is 75.5 Å². The summed E-state index contributed by atoms with van der Waals surface area (Å²) in [6.07, 6.45) is 6.91. The molecule has 12 nitrogen and oxygen atoms in total. The first-order valence-electron chi connectivity index (χ1n) is 16.3. The molecule has 2 fully saturated rings. The highest BCUT2D eigenvalue weighted by molar-refractivity contribution is 5.94. The van der Waals surface area contributed by atoms with E-state index in [0.717, 1.165) is 42.4 Å². The molecule has 0 aliphatic carbocycles. The summed E-state index contributed by atoms with van der Waals surface area (Å²) in [6, 6.07) is 11.7. The second-order valence-electron chi connectivity index (χ2n) is 12.7. The van der Waals surface area contributed by atoms with Crippen molar-refractivity contribution in [1.29, 1.82) is 0 Å². The molecule has 244 valence electrons. The van der Waals surface area contributed by atoms with Gasteiger partial charge in [-0.2, -0.15) is 0 Å². The average Bonchev–Trinajstić information content (AvgIpc) is 3.58. The number of rotatable bonds is 5. The zero-order chi connectivity index (χ0) is 32.0. The molecule has 3 atom stereocenters. The first kappa shape index (κ1) is 31.5. The van der Waals surface area contributed by atoms with Gasteiger partial charge in [0.25, 0.3) is 5.91 Å². The molecule has 1 N–H and O–H groups in total. The van der Waals surface area contributed by atoms with Crippen molar-refractivity contribution in [2.75, 3.05) is 40.4 Å². The van der Waals surface area contributed by atoms with Crippen LogP contribution in [0, 0.1) is 11.8 Å². The van der Waals surface area contributed by atoms with Crippen LogP contribution in [0.3, 0.4) is 0 Å². The zero-order valence-electron chi connectivity index (χ0n) is 26.7. The number of carbonyl (C=O) groups is 3. The van der Waals surface area contributed by atoms with E-state index in [9.17, 15) is 14.4 Å². The standard InChI is InChI=1S/C34H43N7O5/c1-45-30-17-24-10-13-32(43)41-20-25-16-28(29(41)6-3-7-31(42)35-14-4-5-27(15-24)33(30)46-2)21-39(18-25)34(44)26-11-8-23(9-12-26)19-40-22-36-37-38-40/h8-9,11-12,15,17,22,25,28-29H,3-7,10,13-14,16,18-21H2,1-2H3,(H,35,42)/t25-,28+,29-/m0/s1. The molecule has 3 amide bonds. The number of fused-ring (bicyclic) bond motifs is 6. The lowest BCUT2D eigenvalue weighted by molar-refractivity contribution is -0.140. The van der Waals surface area contributed by atoms with Gasteiger partial charge in [0.2, 0.25) is 11.8 Å². The van der Waals surface area contributed by atoms with Gasteiger partial charge < -0.3 is 24.6 Å². The Kier molecular flexibility index (Phi) is 9.79. The lowest BCUT2D eigenvalue weighted by Crippen LogP contribution is -2.60. The van der Waals surface area contributed by atoms with E-state index in [-0.39, 0.29) is 35.6 Å². The van der Waals surface area contributed by atoms with Crippen LogP contribution in [0.2, 0.25) is 0 Å². The summed E-state index contributed by atoms with van der Waals surface area (Å²) in [5.74, 6) is 1.91. The number of tetrazole rings is 1. The van der Waals surface area contributed by atoms with Gasteiger partial charge in [0.1, 0.15) is 6.33 Å². The van der Waals surface area contributed by atoms with Gasteiger partial charge in [-0.05, 0) is 95.7 Å². The predicted molar refractivity (Wildman–Crippen MR) is 169 cm³/mol. The molecule has 3 aromatic rings. The Morgan fingerprint density at radius 1 is 0.978 bits per heavy atom. The van der Waals surface area contributed by atoms with Crippen molar-refractivity contribution in [1.82, 2.24) is 35.3 Å². The first-order valence-corrected chi connectivity index (χ1v) is 16.3. The molecular formula is C34H43N7O5. The molecule has 0 radical (unpaired) electrons. The van der Waals surface area contributed by atoms with Crippen molar-refractivity contribution in [2.45, 2.75) is 64.0 Å². The molecule has 46 heavy (non-hydrogen) atoms. The highest BCUT2D eigenvalue weighted by atomic mass is 16.5. The summed E-state index contributed by atoms with van der Waals surface area (Å²) in [7, 11) is 3.26. The minimum absolute atomic E-state index is 0.0142. The van der Waals surface area contributed by atoms with Gasteiger partial charge in [-0.1, -0.05) is 18.2 Å². The van der Waals surface area contributed by atoms with Gasteiger partial charge in [-0.25, -0.2) is 4.68 Å². The molecular weight excluding hydrogens is 586 g/mol. The highest BCUT2D eigenvalue weighted by Crippen LogP contribution is 2.37. The second-order valence-corrected chi connectivity index (χ2v) is 12.7. The number of ether oxygens (including phenoxy) is 2. The minimum Gasteiger partial charge on any atom is -0.493 e. The second kappa shape index (κ2) is 14.3. The van der Waals surface area contributed by atoms with E-state index >= 15 is 0 Å². The van der Waals surface area contributed by atoms with E-state index < -0.39 is 0 Å². The Morgan fingerprint density at radius 2 is 1.83 bits per heavy atom. The molecule has 4 bridgehead atoms. The summed E-state index contributed by atoms with van der Waals surface area (Å²) in [5.41, 5.74) is 3.71. The number of nitrogens with zero attached hydrogens (tertiary/aromatic N) is 6. The van der Waals surface area contributed by atoms with Crippen molar-refractivity contribution in [2.24, 2.45) is 11.8 Å². The SMILES string of the molecule is COc1cc2cc(c1OC)CCCNC(=O)CCC[C@H]1[C@@H]3C[C@@H](CN(C(=O)c4ccc(Cn5cnnn5)cc4)C3)CN1C(=O)CC2. The number of aromatic nitrogens is 4. The van der Waals surface area contributed by atoms with Gasteiger partial charge in [-0.3, -0.25) is 14.4 Å². The molecule has 0 spiro atoms. The number of aryl methyl sites for hydroxylation is 2.